The molecule has 0 radical (unpaired) electrons. The van der Waals surface area contributed by atoms with Crippen LogP contribution in [0.25, 0.3) is 38.8 Å². The molecule has 0 spiro atoms. The molecule has 0 atom stereocenters. The average molecular weight is 516 g/mol. The minimum atomic E-state index is -1.26. The number of nitrogens with zero attached hydrogens (tertiary/aromatic N) is 6. The molecule has 1 N–H and O–H groups in total. The van der Waals surface area contributed by atoms with Gasteiger partial charge in [0.05, 0.1) is 36.5 Å². The Kier molecular flexibility index (Phi) is 8.15. The van der Waals surface area contributed by atoms with Gasteiger partial charge in [0.15, 0.2) is 5.65 Å². The molecule has 0 fully saturated rings. The van der Waals surface area contributed by atoms with Crippen LogP contribution in [0.15, 0.2) is 54.7 Å². The smallest absolute Gasteiger partial charge is 0.526 e. The van der Waals surface area contributed by atoms with Gasteiger partial charge in [-0.05, 0) is 36.4 Å². The van der Waals surface area contributed by atoms with E-state index in [2.05, 4.69) is 30.6 Å². The van der Waals surface area contributed by atoms with Gasteiger partial charge < -0.3 is 20.2 Å². The third kappa shape index (κ3) is 5.48. The predicted octanol–water partition coefficient (Wildman–Crippen LogP) is 0.949. The normalized spacial score (nSPS) is 11.0. The van der Waals surface area contributed by atoms with Gasteiger partial charge in [-0.15, -0.1) is 5.10 Å². The number of rotatable bonds is 7. The van der Waals surface area contributed by atoms with Crippen molar-refractivity contribution in [2.45, 2.75) is 6.54 Å². The summed E-state index contributed by atoms with van der Waals surface area (Å²) in [5, 5.41) is 17.5. The summed E-state index contributed by atoms with van der Waals surface area (Å²) in [6, 6.07) is 11.5. The molecule has 3 aromatic heterocycles. The van der Waals surface area contributed by atoms with E-state index in [1.807, 2.05) is 6.07 Å². The topological polar surface area (TPSA) is 117 Å². The first-order valence-corrected chi connectivity index (χ1v) is 10.7. The van der Waals surface area contributed by atoms with E-state index in [9.17, 15) is 18.0 Å². The van der Waals surface area contributed by atoms with Crippen LogP contribution in [0.3, 0.4) is 0 Å². The second-order valence-corrected chi connectivity index (χ2v) is 7.69. The fourth-order valence-corrected chi connectivity index (χ4v) is 3.66. The van der Waals surface area contributed by atoms with Gasteiger partial charge in [-0.25, -0.2) is 22.8 Å². The minimum Gasteiger partial charge on any atom is -0.526 e. The Labute approximate surface area is 229 Å². The van der Waals surface area contributed by atoms with Gasteiger partial charge in [-0.1, -0.05) is 11.3 Å². The number of benzene rings is 2. The summed E-state index contributed by atoms with van der Waals surface area (Å²) in [6.45, 7) is -0.696. The molecule has 37 heavy (non-hydrogen) atoms. The van der Waals surface area contributed by atoms with Crippen molar-refractivity contribution in [2.75, 3.05) is 13.2 Å². The maximum atomic E-state index is 14.7. The van der Waals surface area contributed by atoms with Gasteiger partial charge >= 0.3 is 29.6 Å². The Morgan fingerprint density at radius 3 is 2.57 bits per heavy atom. The zero-order chi connectivity index (χ0) is 25.2. The largest absolute Gasteiger partial charge is 1.00 e. The summed E-state index contributed by atoms with van der Waals surface area (Å²) in [5.41, 5.74) is 3.92. The molecule has 9 nitrogen and oxygen atoms in total. The molecule has 182 valence electrons. The summed E-state index contributed by atoms with van der Waals surface area (Å²) >= 11 is 0. The molecule has 13 heteroatoms. The van der Waals surface area contributed by atoms with Crippen molar-refractivity contribution in [1.29, 1.82) is 0 Å². The van der Waals surface area contributed by atoms with Crippen LogP contribution in [-0.2, 0) is 11.4 Å². The van der Waals surface area contributed by atoms with Crippen LogP contribution in [-0.4, -0.2) is 49.2 Å². The van der Waals surface area contributed by atoms with Gasteiger partial charge in [-0.2, -0.15) is 0 Å². The Balaban J connectivity index is 0.00000320. The van der Waals surface area contributed by atoms with Crippen LogP contribution >= 0.6 is 0 Å². The molecule has 5 rings (SSSR count). The summed E-state index contributed by atoms with van der Waals surface area (Å²) in [6.07, 6.45) is 1.58. The van der Waals surface area contributed by atoms with E-state index in [-0.39, 0.29) is 59.6 Å². The number of hydroxylamine groups is 1. The summed E-state index contributed by atoms with van der Waals surface area (Å²) in [4.78, 5) is 25.0. The minimum absolute atomic E-state index is 0. The van der Waals surface area contributed by atoms with Crippen molar-refractivity contribution in [1.82, 2.24) is 25.0 Å². The summed E-state index contributed by atoms with van der Waals surface area (Å²) in [7, 11) is 0. The number of carbonyl (C=O) groups excluding carboxylic acids is 1. The first-order valence-electron chi connectivity index (χ1n) is 10.7. The second-order valence-electron chi connectivity index (χ2n) is 7.69. The van der Waals surface area contributed by atoms with Crippen molar-refractivity contribution >= 4 is 28.0 Å². The standard InChI is InChI=1S/C24H17F3N6O3.Na/c25-16-11-21-13(2-1-5-28-21)8-15(16)12-33-23-20(30-32-33)4-3-19(29-23)14-9-17(26)22(18(27)10-14)24(35)31-36-7-6-34;/h1-5,8-11,34H,6-7,12H2,(H,31,35);/q;+1/p-1. The molecule has 0 aliphatic carbocycles. The van der Waals surface area contributed by atoms with E-state index in [1.165, 1.54) is 16.8 Å². The number of hydrogen-bond acceptors (Lipinski definition) is 7. The molecule has 0 bridgehead atoms. The number of aliphatic hydroxyl groups is 1. The molecule has 5 aromatic rings. The third-order valence-electron chi connectivity index (χ3n) is 5.33. The van der Waals surface area contributed by atoms with Gasteiger partial charge in [0, 0.05) is 28.8 Å². The molecule has 0 aliphatic rings. The van der Waals surface area contributed by atoms with Gasteiger partial charge in [0.1, 0.15) is 28.9 Å². The van der Waals surface area contributed by atoms with E-state index in [0.717, 1.165) is 17.5 Å². The van der Waals surface area contributed by atoms with E-state index in [4.69, 9.17) is 5.11 Å². The number of hydrogen-bond donors (Lipinski definition) is 1. The molecule has 2 aromatic carbocycles. The number of pyridine rings is 2. The van der Waals surface area contributed by atoms with Crippen LogP contribution in [0.2, 0.25) is 0 Å². The van der Waals surface area contributed by atoms with Crippen molar-refractivity contribution < 1.29 is 57.5 Å². The number of halogens is 3. The third-order valence-corrected chi connectivity index (χ3v) is 5.33. The molecule has 3 heterocycles. The van der Waals surface area contributed by atoms with Crippen molar-refractivity contribution in [3.8, 4) is 11.3 Å². The number of fused-ring (bicyclic) bond motifs is 2. The predicted molar refractivity (Wildman–Crippen MR) is 122 cm³/mol. The van der Waals surface area contributed by atoms with Gasteiger partial charge in [-0.3, -0.25) is 4.98 Å². The van der Waals surface area contributed by atoms with Crippen LogP contribution in [0.4, 0.5) is 13.2 Å². The molecule has 0 aliphatic heterocycles. The molecular formula is C24H16F3N6NaO3. The van der Waals surface area contributed by atoms with Gasteiger partial charge in [0.25, 0.3) is 0 Å². The summed E-state index contributed by atoms with van der Waals surface area (Å²) < 4.78 is 45.3. The van der Waals surface area contributed by atoms with E-state index >= 15 is 0 Å². The van der Waals surface area contributed by atoms with Crippen LogP contribution in [0.5, 0.6) is 0 Å². The number of aromatic nitrogens is 5. The van der Waals surface area contributed by atoms with Crippen LogP contribution in [0.1, 0.15) is 15.9 Å². The first-order chi connectivity index (χ1) is 17.4. The Morgan fingerprint density at radius 2 is 1.81 bits per heavy atom. The fraction of sp³-hybridized carbons (Fsp3) is 0.125. The average Bonchev–Trinajstić information content (AvgIpc) is 3.26. The van der Waals surface area contributed by atoms with E-state index in [1.54, 1.807) is 24.4 Å². The second kappa shape index (κ2) is 11.3. The Morgan fingerprint density at radius 1 is 1.03 bits per heavy atom. The molecular weight excluding hydrogens is 500 g/mol. The van der Waals surface area contributed by atoms with Crippen molar-refractivity contribution in [3.63, 3.8) is 0 Å². The summed E-state index contributed by atoms with van der Waals surface area (Å²) in [5.74, 6) is -4.06. The molecule has 1 amide bonds. The Bertz CT molecular complexity index is 1590. The SMILES string of the molecule is O=C([N-]OCCO)c1c(F)cc(-c2ccc3nnn(Cc4cc5cccnc5cc4F)c3n2)cc1F.[Na+]. The zero-order valence-corrected chi connectivity index (χ0v) is 21.4. The van der Waals surface area contributed by atoms with E-state index in [0.29, 0.717) is 16.6 Å². The number of amides is 1. The zero-order valence-electron chi connectivity index (χ0n) is 19.4. The maximum absolute atomic E-state index is 14.7. The Hall–Kier alpha value is -3.42. The quantitative estimate of drug-likeness (QED) is 0.195. The van der Waals surface area contributed by atoms with Crippen LogP contribution < -0.4 is 29.6 Å². The number of carbonyl (C=O) groups is 1. The monoisotopic (exact) mass is 516 g/mol. The van der Waals surface area contributed by atoms with Crippen LogP contribution in [0, 0.1) is 17.5 Å². The molecule has 0 unspecified atom stereocenters. The molecule has 0 saturated carbocycles. The molecule has 0 saturated heterocycles. The van der Waals surface area contributed by atoms with Crippen molar-refractivity contribution in [3.05, 3.63) is 88.8 Å². The fourth-order valence-electron chi connectivity index (χ4n) is 3.66. The first kappa shape index (κ1) is 26.6. The maximum Gasteiger partial charge on any atom is 1.00 e. The van der Waals surface area contributed by atoms with Gasteiger partial charge in [0.2, 0.25) is 0 Å². The van der Waals surface area contributed by atoms with Crippen molar-refractivity contribution in [2.24, 2.45) is 0 Å². The van der Waals surface area contributed by atoms with E-state index < -0.39 is 35.5 Å². The number of aliphatic hydroxyl groups excluding tert-OH is 1.